The van der Waals surface area contributed by atoms with E-state index in [9.17, 15) is 0 Å². The van der Waals surface area contributed by atoms with Gasteiger partial charge in [0, 0.05) is 6.54 Å². The number of nitrogens with two attached hydrogens (primary N) is 1. The Kier molecular flexibility index (Phi) is 2.53. The molecule has 2 rings (SSSR count). The SMILES string of the molecule is NCc1noc(C2COCCN2)n1. The van der Waals surface area contributed by atoms with Crippen LogP contribution in [-0.2, 0) is 11.3 Å². The van der Waals surface area contributed by atoms with Gasteiger partial charge in [0.2, 0.25) is 5.89 Å². The lowest BCUT2D eigenvalue weighted by Crippen LogP contribution is -2.34. The van der Waals surface area contributed by atoms with Crippen molar-refractivity contribution < 1.29 is 9.26 Å². The smallest absolute Gasteiger partial charge is 0.246 e. The lowest BCUT2D eigenvalue weighted by atomic mass is 10.3. The highest BCUT2D eigenvalue weighted by atomic mass is 16.5. The van der Waals surface area contributed by atoms with Gasteiger partial charge in [-0.15, -0.1) is 0 Å². The summed E-state index contributed by atoms with van der Waals surface area (Å²) in [6, 6.07) is 0.0153. The number of hydrogen-bond acceptors (Lipinski definition) is 6. The summed E-state index contributed by atoms with van der Waals surface area (Å²) >= 11 is 0. The topological polar surface area (TPSA) is 86.2 Å². The molecule has 13 heavy (non-hydrogen) atoms. The molecule has 1 fully saturated rings. The van der Waals surface area contributed by atoms with Crippen LogP contribution < -0.4 is 11.1 Å². The van der Waals surface area contributed by atoms with Crippen molar-refractivity contribution in [2.75, 3.05) is 19.8 Å². The fourth-order valence-electron chi connectivity index (χ4n) is 1.22. The highest BCUT2D eigenvalue weighted by Crippen LogP contribution is 2.12. The minimum atomic E-state index is 0.0153. The number of ether oxygens (including phenoxy) is 1. The number of aromatic nitrogens is 2. The van der Waals surface area contributed by atoms with E-state index in [1.165, 1.54) is 0 Å². The molecule has 6 nitrogen and oxygen atoms in total. The van der Waals surface area contributed by atoms with E-state index in [4.69, 9.17) is 15.0 Å². The molecule has 1 aliphatic heterocycles. The average molecular weight is 184 g/mol. The quantitative estimate of drug-likeness (QED) is 0.625. The van der Waals surface area contributed by atoms with Gasteiger partial charge in [0.1, 0.15) is 6.04 Å². The summed E-state index contributed by atoms with van der Waals surface area (Å²) in [6.45, 7) is 2.42. The maximum absolute atomic E-state index is 5.36. The van der Waals surface area contributed by atoms with Gasteiger partial charge >= 0.3 is 0 Å². The molecule has 2 heterocycles. The van der Waals surface area contributed by atoms with Crippen LogP contribution in [0.3, 0.4) is 0 Å². The van der Waals surface area contributed by atoms with Gasteiger partial charge < -0.3 is 20.3 Å². The standard InChI is InChI=1S/C7H12N4O2/c8-3-6-10-7(13-11-6)5-4-12-2-1-9-5/h5,9H,1-4,8H2. The van der Waals surface area contributed by atoms with Crippen LogP contribution >= 0.6 is 0 Å². The second-order valence-corrected chi connectivity index (χ2v) is 2.83. The molecule has 1 unspecified atom stereocenters. The first kappa shape index (κ1) is 8.61. The number of rotatable bonds is 2. The van der Waals surface area contributed by atoms with E-state index in [2.05, 4.69) is 15.5 Å². The highest BCUT2D eigenvalue weighted by molar-refractivity contribution is 4.93. The summed E-state index contributed by atoms with van der Waals surface area (Å²) in [4.78, 5) is 4.11. The van der Waals surface area contributed by atoms with E-state index in [-0.39, 0.29) is 6.04 Å². The lowest BCUT2D eigenvalue weighted by molar-refractivity contribution is 0.0659. The zero-order valence-electron chi connectivity index (χ0n) is 7.19. The van der Waals surface area contributed by atoms with E-state index in [1.54, 1.807) is 0 Å². The summed E-state index contributed by atoms with van der Waals surface area (Å²) in [6.07, 6.45) is 0. The Hall–Kier alpha value is -0.980. The summed E-state index contributed by atoms with van der Waals surface area (Å²) in [5, 5.41) is 6.91. The normalized spacial score (nSPS) is 23.3. The maximum Gasteiger partial charge on any atom is 0.246 e. The summed E-state index contributed by atoms with van der Waals surface area (Å²) < 4.78 is 10.3. The fourth-order valence-corrected chi connectivity index (χ4v) is 1.22. The largest absolute Gasteiger partial charge is 0.378 e. The molecule has 1 aliphatic rings. The Balaban J connectivity index is 2.05. The number of hydrogen-bond donors (Lipinski definition) is 2. The van der Waals surface area contributed by atoms with Gasteiger partial charge in [0.15, 0.2) is 5.82 Å². The van der Waals surface area contributed by atoms with Crippen LogP contribution in [-0.4, -0.2) is 29.9 Å². The molecule has 72 valence electrons. The van der Waals surface area contributed by atoms with Crippen LogP contribution in [0.25, 0.3) is 0 Å². The monoisotopic (exact) mass is 184 g/mol. The predicted octanol–water partition coefficient (Wildman–Crippen LogP) is -0.811. The molecule has 6 heteroatoms. The first-order valence-corrected chi connectivity index (χ1v) is 4.24. The highest BCUT2D eigenvalue weighted by Gasteiger charge is 2.20. The van der Waals surface area contributed by atoms with Crippen molar-refractivity contribution in [3.63, 3.8) is 0 Å². The molecule has 0 amide bonds. The first-order chi connectivity index (χ1) is 6.40. The van der Waals surface area contributed by atoms with E-state index < -0.39 is 0 Å². The van der Waals surface area contributed by atoms with Gasteiger partial charge in [0.05, 0.1) is 19.8 Å². The van der Waals surface area contributed by atoms with Gasteiger partial charge in [0.25, 0.3) is 0 Å². The molecule has 0 saturated carbocycles. The van der Waals surface area contributed by atoms with Crippen LogP contribution in [0.4, 0.5) is 0 Å². The average Bonchev–Trinajstić information content (AvgIpc) is 2.67. The zero-order chi connectivity index (χ0) is 9.10. The Morgan fingerprint density at radius 3 is 3.15 bits per heavy atom. The lowest BCUT2D eigenvalue weighted by Gasteiger charge is -2.20. The molecule has 0 bridgehead atoms. The Bertz CT molecular complexity index is 269. The van der Waals surface area contributed by atoms with Crippen molar-refractivity contribution in [2.24, 2.45) is 5.73 Å². The molecule has 1 aromatic rings. The molecule has 1 atom stereocenters. The fraction of sp³-hybridized carbons (Fsp3) is 0.714. The molecule has 0 spiro atoms. The number of nitrogens with one attached hydrogen (secondary N) is 1. The Morgan fingerprint density at radius 1 is 1.62 bits per heavy atom. The Labute approximate surface area is 75.4 Å². The van der Waals surface area contributed by atoms with Gasteiger partial charge in [-0.05, 0) is 0 Å². The van der Waals surface area contributed by atoms with Crippen LogP contribution in [0.5, 0.6) is 0 Å². The minimum Gasteiger partial charge on any atom is -0.378 e. The second-order valence-electron chi connectivity index (χ2n) is 2.83. The summed E-state index contributed by atoms with van der Waals surface area (Å²) in [5.41, 5.74) is 5.36. The molecular weight excluding hydrogens is 172 g/mol. The van der Waals surface area contributed by atoms with Crippen molar-refractivity contribution in [1.29, 1.82) is 0 Å². The van der Waals surface area contributed by atoms with Crippen LogP contribution in [0.15, 0.2) is 4.52 Å². The number of morpholine rings is 1. The van der Waals surface area contributed by atoms with E-state index in [0.29, 0.717) is 24.9 Å². The van der Waals surface area contributed by atoms with Crippen molar-refractivity contribution >= 4 is 0 Å². The molecule has 1 aromatic heterocycles. The van der Waals surface area contributed by atoms with Crippen LogP contribution in [0.2, 0.25) is 0 Å². The Morgan fingerprint density at radius 2 is 2.54 bits per heavy atom. The van der Waals surface area contributed by atoms with Crippen molar-refractivity contribution in [1.82, 2.24) is 15.5 Å². The minimum absolute atomic E-state index is 0.0153. The zero-order valence-corrected chi connectivity index (χ0v) is 7.19. The first-order valence-electron chi connectivity index (χ1n) is 4.24. The third kappa shape index (κ3) is 1.85. The third-order valence-corrected chi connectivity index (χ3v) is 1.89. The van der Waals surface area contributed by atoms with Crippen LogP contribution in [0.1, 0.15) is 17.8 Å². The second kappa shape index (κ2) is 3.82. The van der Waals surface area contributed by atoms with Crippen molar-refractivity contribution in [2.45, 2.75) is 12.6 Å². The molecule has 0 radical (unpaired) electrons. The van der Waals surface area contributed by atoms with Crippen molar-refractivity contribution in [3.8, 4) is 0 Å². The molecule has 1 saturated heterocycles. The van der Waals surface area contributed by atoms with E-state index in [1.807, 2.05) is 0 Å². The van der Waals surface area contributed by atoms with Gasteiger partial charge in [-0.2, -0.15) is 4.98 Å². The molecule has 0 aliphatic carbocycles. The molecule has 0 aromatic carbocycles. The van der Waals surface area contributed by atoms with Gasteiger partial charge in [-0.1, -0.05) is 5.16 Å². The van der Waals surface area contributed by atoms with Crippen molar-refractivity contribution in [3.05, 3.63) is 11.7 Å². The predicted molar refractivity (Wildman–Crippen MR) is 43.8 cm³/mol. The van der Waals surface area contributed by atoms with Gasteiger partial charge in [-0.25, -0.2) is 0 Å². The van der Waals surface area contributed by atoms with Crippen LogP contribution in [0, 0.1) is 0 Å². The number of nitrogens with zero attached hydrogens (tertiary/aromatic N) is 2. The molecule has 3 N–H and O–H groups in total. The summed E-state index contributed by atoms with van der Waals surface area (Å²) in [5.74, 6) is 1.09. The maximum atomic E-state index is 5.36. The molecular formula is C7H12N4O2. The van der Waals surface area contributed by atoms with E-state index in [0.717, 1.165) is 13.2 Å². The van der Waals surface area contributed by atoms with E-state index >= 15 is 0 Å². The summed E-state index contributed by atoms with van der Waals surface area (Å²) in [7, 11) is 0. The van der Waals surface area contributed by atoms with Gasteiger partial charge in [-0.3, -0.25) is 0 Å². The third-order valence-electron chi connectivity index (χ3n) is 1.89.